The van der Waals surface area contributed by atoms with Crippen molar-refractivity contribution in [2.24, 2.45) is 0 Å². The smallest absolute Gasteiger partial charge is 0.0769 e. The fourth-order valence-corrected chi connectivity index (χ4v) is 2.98. The van der Waals surface area contributed by atoms with Gasteiger partial charge >= 0.3 is 0 Å². The third-order valence-corrected chi connectivity index (χ3v) is 3.95. The highest BCUT2D eigenvalue weighted by atomic mass is 16.5. The fourth-order valence-electron chi connectivity index (χ4n) is 2.98. The van der Waals surface area contributed by atoms with E-state index < -0.39 is 0 Å². The SMILES string of the molecule is CNC(c1cccc2ccncc12)C1CCCCO1. The topological polar surface area (TPSA) is 34.2 Å². The van der Waals surface area contributed by atoms with Crippen LogP contribution < -0.4 is 5.32 Å². The van der Waals surface area contributed by atoms with Gasteiger partial charge in [0.25, 0.3) is 0 Å². The van der Waals surface area contributed by atoms with Crippen LogP contribution in [0.2, 0.25) is 0 Å². The van der Waals surface area contributed by atoms with Gasteiger partial charge in [-0.25, -0.2) is 0 Å². The molecule has 2 aromatic rings. The molecule has 0 amide bonds. The molecule has 1 N–H and O–H groups in total. The molecule has 2 unspecified atom stereocenters. The number of aromatic nitrogens is 1. The van der Waals surface area contributed by atoms with Gasteiger partial charge in [0.15, 0.2) is 0 Å². The highest BCUT2D eigenvalue weighted by Crippen LogP contribution is 2.30. The summed E-state index contributed by atoms with van der Waals surface area (Å²) in [4.78, 5) is 4.27. The Morgan fingerprint density at radius 2 is 2.26 bits per heavy atom. The molecule has 1 aromatic heterocycles. The Kier molecular flexibility index (Phi) is 3.76. The van der Waals surface area contributed by atoms with Gasteiger partial charge in [-0.3, -0.25) is 4.98 Å². The Morgan fingerprint density at radius 3 is 3.05 bits per heavy atom. The second-order valence-electron chi connectivity index (χ2n) is 5.12. The maximum Gasteiger partial charge on any atom is 0.0769 e. The van der Waals surface area contributed by atoms with Gasteiger partial charge in [-0.2, -0.15) is 0 Å². The van der Waals surface area contributed by atoms with Crippen molar-refractivity contribution in [2.75, 3.05) is 13.7 Å². The molecule has 3 heteroatoms. The lowest BCUT2D eigenvalue weighted by Gasteiger charge is -2.31. The van der Waals surface area contributed by atoms with Crippen LogP contribution >= 0.6 is 0 Å². The quantitative estimate of drug-likeness (QED) is 0.916. The molecule has 1 aliphatic heterocycles. The number of hydrogen-bond acceptors (Lipinski definition) is 3. The Balaban J connectivity index is 2.00. The summed E-state index contributed by atoms with van der Waals surface area (Å²) in [5.74, 6) is 0. The van der Waals surface area contributed by atoms with E-state index in [1.54, 1.807) is 0 Å². The first-order valence-corrected chi connectivity index (χ1v) is 7.01. The number of fused-ring (bicyclic) bond motifs is 1. The van der Waals surface area contributed by atoms with Crippen molar-refractivity contribution in [3.63, 3.8) is 0 Å². The van der Waals surface area contributed by atoms with E-state index in [-0.39, 0.29) is 12.1 Å². The molecule has 0 saturated carbocycles. The van der Waals surface area contributed by atoms with Gasteiger partial charge in [0.2, 0.25) is 0 Å². The normalized spacial score (nSPS) is 21.4. The Bertz CT molecular complexity index is 544. The molecule has 3 nitrogen and oxygen atoms in total. The molecule has 1 saturated heterocycles. The van der Waals surface area contributed by atoms with Gasteiger partial charge < -0.3 is 10.1 Å². The van der Waals surface area contributed by atoms with Crippen LogP contribution in [0.5, 0.6) is 0 Å². The van der Waals surface area contributed by atoms with E-state index in [1.165, 1.54) is 29.2 Å². The van der Waals surface area contributed by atoms with Gasteiger partial charge in [0.05, 0.1) is 12.1 Å². The number of likely N-dealkylation sites (N-methyl/N-ethyl adjacent to an activating group) is 1. The first kappa shape index (κ1) is 12.6. The molecule has 1 fully saturated rings. The van der Waals surface area contributed by atoms with Crippen molar-refractivity contribution >= 4 is 10.8 Å². The Morgan fingerprint density at radius 1 is 1.32 bits per heavy atom. The predicted octanol–water partition coefficient (Wildman–Crippen LogP) is 3.06. The third-order valence-electron chi connectivity index (χ3n) is 3.95. The summed E-state index contributed by atoms with van der Waals surface area (Å²) in [5.41, 5.74) is 1.29. The summed E-state index contributed by atoms with van der Waals surface area (Å²) >= 11 is 0. The molecular weight excluding hydrogens is 236 g/mol. The van der Waals surface area contributed by atoms with Crippen LogP contribution in [0, 0.1) is 0 Å². The highest BCUT2D eigenvalue weighted by Gasteiger charge is 2.25. The van der Waals surface area contributed by atoms with E-state index in [4.69, 9.17) is 4.74 Å². The highest BCUT2D eigenvalue weighted by molar-refractivity contribution is 5.85. The average molecular weight is 256 g/mol. The minimum atomic E-state index is 0.244. The van der Waals surface area contributed by atoms with Gasteiger partial charge in [0, 0.05) is 24.4 Å². The average Bonchev–Trinajstić information content (AvgIpc) is 2.49. The first-order chi connectivity index (χ1) is 9.40. The van der Waals surface area contributed by atoms with Gasteiger partial charge in [-0.05, 0) is 43.3 Å². The molecule has 0 aliphatic carbocycles. The number of benzene rings is 1. The van der Waals surface area contributed by atoms with Crippen molar-refractivity contribution in [2.45, 2.75) is 31.4 Å². The molecule has 1 aromatic carbocycles. The molecule has 2 heterocycles. The maximum atomic E-state index is 5.95. The molecule has 0 radical (unpaired) electrons. The van der Waals surface area contributed by atoms with Crippen molar-refractivity contribution < 1.29 is 4.74 Å². The van der Waals surface area contributed by atoms with E-state index in [0.717, 1.165) is 13.0 Å². The largest absolute Gasteiger partial charge is 0.376 e. The molecule has 2 atom stereocenters. The van der Waals surface area contributed by atoms with Gasteiger partial charge in [-0.15, -0.1) is 0 Å². The van der Waals surface area contributed by atoms with Crippen molar-refractivity contribution in [1.82, 2.24) is 10.3 Å². The Hall–Kier alpha value is -1.45. The molecular formula is C16H20N2O. The molecule has 19 heavy (non-hydrogen) atoms. The minimum absolute atomic E-state index is 0.244. The lowest BCUT2D eigenvalue weighted by atomic mass is 9.93. The zero-order chi connectivity index (χ0) is 13.1. The van der Waals surface area contributed by atoms with Crippen LogP contribution in [-0.2, 0) is 4.74 Å². The van der Waals surface area contributed by atoms with Gasteiger partial charge in [0.1, 0.15) is 0 Å². The van der Waals surface area contributed by atoms with Crippen molar-refractivity contribution in [3.05, 3.63) is 42.2 Å². The van der Waals surface area contributed by atoms with Crippen LogP contribution in [-0.4, -0.2) is 24.7 Å². The number of hydrogen-bond donors (Lipinski definition) is 1. The first-order valence-electron chi connectivity index (χ1n) is 7.01. The van der Waals surface area contributed by atoms with E-state index in [9.17, 15) is 0 Å². The predicted molar refractivity (Wildman–Crippen MR) is 77.1 cm³/mol. The summed E-state index contributed by atoms with van der Waals surface area (Å²) in [6, 6.07) is 8.74. The number of pyridine rings is 1. The van der Waals surface area contributed by atoms with Crippen LogP contribution in [0.1, 0.15) is 30.9 Å². The molecule has 0 bridgehead atoms. The van der Waals surface area contributed by atoms with E-state index in [0.29, 0.717) is 0 Å². The second-order valence-corrected chi connectivity index (χ2v) is 5.12. The third kappa shape index (κ3) is 2.48. The van der Waals surface area contributed by atoms with Crippen LogP contribution in [0.3, 0.4) is 0 Å². The minimum Gasteiger partial charge on any atom is -0.376 e. The van der Waals surface area contributed by atoms with E-state index in [1.807, 2.05) is 19.4 Å². The van der Waals surface area contributed by atoms with Crippen molar-refractivity contribution in [1.29, 1.82) is 0 Å². The summed E-state index contributed by atoms with van der Waals surface area (Å²) in [5, 5.41) is 5.89. The monoisotopic (exact) mass is 256 g/mol. The summed E-state index contributed by atoms with van der Waals surface area (Å²) in [6.45, 7) is 0.881. The summed E-state index contributed by atoms with van der Waals surface area (Å²) in [6.07, 6.45) is 7.64. The maximum absolute atomic E-state index is 5.95. The van der Waals surface area contributed by atoms with Crippen LogP contribution in [0.15, 0.2) is 36.7 Å². The number of nitrogens with zero attached hydrogens (tertiary/aromatic N) is 1. The fraction of sp³-hybridized carbons (Fsp3) is 0.438. The Labute approximate surface area is 114 Å². The van der Waals surface area contributed by atoms with E-state index >= 15 is 0 Å². The second kappa shape index (κ2) is 5.68. The number of rotatable bonds is 3. The zero-order valence-corrected chi connectivity index (χ0v) is 11.3. The van der Waals surface area contributed by atoms with Crippen molar-refractivity contribution in [3.8, 4) is 0 Å². The van der Waals surface area contributed by atoms with Crippen LogP contribution in [0.25, 0.3) is 10.8 Å². The molecule has 3 rings (SSSR count). The van der Waals surface area contributed by atoms with E-state index in [2.05, 4.69) is 34.6 Å². The number of ether oxygens (including phenoxy) is 1. The number of nitrogens with one attached hydrogen (secondary N) is 1. The molecule has 100 valence electrons. The van der Waals surface area contributed by atoms with Gasteiger partial charge in [-0.1, -0.05) is 18.2 Å². The molecule has 0 spiro atoms. The zero-order valence-electron chi connectivity index (χ0n) is 11.3. The lowest BCUT2D eigenvalue weighted by Crippen LogP contribution is -2.34. The van der Waals surface area contributed by atoms with Crippen LogP contribution in [0.4, 0.5) is 0 Å². The standard InChI is InChI=1S/C16H20N2O/c1-17-16(15-7-2-3-10-19-15)13-6-4-5-12-8-9-18-11-14(12)13/h4-6,8-9,11,15-17H,2-3,7,10H2,1H3. The molecule has 1 aliphatic rings. The summed E-state index contributed by atoms with van der Waals surface area (Å²) < 4.78 is 5.95. The summed E-state index contributed by atoms with van der Waals surface area (Å²) in [7, 11) is 2.01. The lowest BCUT2D eigenvalue weighted by molar-refractivity contribution is -0.00632.